The maximum absolute atomic E-state index is 10.7. The molecule has 88 valence electrons. The van der Waals surface area contributed by atoms with Gasteiger partial charge >= 0.3 is 0 Å². The fourth-order valence-electron chi connectivity index (χ4n) is 1.40. The molecule has 17 heavy (non-hydrogen) atoms. The first-order chi connectivity index (χ1) is 8.11. The van der Waals surface area contributed by atoms with E-state index in [-0.39, 0.29) is 5.69 Å². The number of nitrogens with zero attached hydrogens (tertiary/aromatic N) is 3. The summed E-state index contributed by atoms with van der Waals surface area (Å²) in [6.45, 7) is 1.87. The normalized spacial score (nSPS) is 10.2. The Morgan fingerprint density at radius 2 is 2.24 bits per heavy atom. The Kier molecular flexibility index (Phi) is 3.01. The molecule has 0 spiro atoms. The number of rotatable bonds is 3. The molecular formula is C10H10N4O2S. The molecule has 0 aliphatic carbocycles. The van der Waals surface area contributed by atoms with Gasteiger partial charge in [-0.25, -0.2) is 0 Å². The van der Waals surface area contributed by atoms with Crippen LogP contribution in [0.25, 0.3) is 11.4 Å². The second-order valence-electron chi connectivity index (χ2n) is 3.43. The van der Waals surface area contributed by atoms with E-state index in [1.807, 2.05) is 6.92 Å². The van der Waals surface area contributed by atoms with Crippen LogP contribution in [0.3, 0.4) is 0 Å². The Morgan fingerprint density at radius 3 is 2.82 bits per heavy atom. The molecule has 1 N–H and O–H groups in total. The molecule has 0 atom stereocenters. The van der Waals surface area contributed by atoms with E-state index in [0.717, 1.165) is 5.56 Å². The van der Waals surface area contributed by atoms with Crippen LogP contribution in [0, 0.1) is 17.0 Å². The van der Waals surface area contributed by atoms with Crippen molar-refractivity contribution in [1.29, 1.82) is 0 Å². The summed E-state index contributed by atoms with van der Waals surface area (Å²) in [6, 6.07) is 4.68. The van der Waals surface area contributed by atoms with Gasteiger partial charge in [-0.3, -0.25) is 10.1 Å². The van der Waals surface area contributed by atoms with Crippen molar-refractivity contribution in [2.45, 2.75) is 6.92 Å². The maximum atomic E-state index is 10.7. The largest absolute Gasteiger partial charge is 0.363 e. The fraction of sp³-hybridized carbons (Fsp3) is 0.200. The Morgan fingerprint density at radius 1 is 1.47 bits per heavy atom. The molecule has 0 amide bonds. The molecule has 1 aromatic carbocycles. The minimum absolute atomic E-state index is 0.0476. The van der Waals surface area contributed by atoms with E-state index < -0.39 is 4.92 Å². The van der Waals surface area contributed by atoms with Crippen LogP contribution in [-0.4, -0.2) is 21.3 Å². The molecule has 0 unspecified atom stereocenters. The number of hydrogen-bond acceptors (Lipinski definition) is 6. The van der Waals surface area contributed by atoms with Gasteiger partial charge in [0.05, 0.1) is 4.92 Å². The highest BCUT2D eigenvalue weighted by molar-refractivity contribution is 7.09. The number of benzene rings is 1. The van der Waals surface area contributed by atoms with Crippen LogP contribution < -0.4 is 5.32 Å². The van der Waals surface area contributed by atoms with Crippen molar-refractivity contribution in [2.24, 2.45) is 0 Å². The summed E-state index contributed by atoms with van der Waals surface area (Å²) in [6.07, 6.45) is 0. The molecule has 0 bridgehead atoms. The summed E-state index contributed by atoms with van der Waals surface area (Å²) >= 11 is 1.23. The average molecular weight is 250 g/mol. The molecule has 0 radical (unpaired) electrons. The van der Waals surface area contributed by atoms with Crippen molar-refractivity contribution in [3.8, 4) is 11.4 Å². The highest BCUT2D eigenvalue weighted by Gasteiger charge is 2.13. The first-order valence-corrected chi connectivity index (χ1v) is 5.66. The summed E-state index contributed by atoms with van der Waals surface area (Å²) in [4.78, 5) is 14.5. The third-order valence-corrected chi connectivity index (χ3v) is 3.05. The minimum atomic E-state index is -0.422. The lowest BCUT2D eigenvalue weighted by Crippen LogP contribution is -1.92. The number of aromatic nitrogens is 2. The predicted octanol–water partition coefficient (Wildman–Crippen LogP) is 2.46. The summed E-state index contributed by atoms with van der Waals surface area (Å²) in [5, 5.41) is 14.3. The van der Waals surface area contributed by atoms with Crippen LogP contribution in [-0.2, 0) is 0 Å². The zero-order chi connectivity index (χ0) is 12.4. The quantitative estimate of drug-likeness (QED) is 0.668. The lowest BCUT2D eigenvalue weighted by molar-refractivity contribution is -0.384. The number of anilines is 1. The lowest BCUT2D eigenvalue weighted by Gasteiger charge is -2.00. The van der Waals surface area contributed by atoms with Crippen molar-refractivity contribution in [1.82, 2.24) is 9.36 Å². The molecule has 0 fully saturated rings. The van der Waals surface area contributed by atoms with Crippen LogP contribution in [0.2, 0.25) is 0 Å². The molecule has 6 nitrogen and oxygen atoms in total. The monoisotopic (exact) mass is 250 g/mol. The van der Waals surface area contributed by atoms with Gasteiger partial charge in [0.2, 0.25) is 5.13 Å². The van der Waals surface area contributed by atoms with Crippen molar-refractivity contribution < 1.29 is 4.92 Å². The molecule has 2 aromatic rings. The summed E-state index contributed by atoms with van der Waals surface area (Å²) in [5.41, 5.74) is 1.65. The van der Waals surface area contributed by atoms with E-state index in [2.05, 4.69) is 14.7 Å². The molecule has 0 aliphatic rings. The predicted molar refractivity (Wildman–Crippen MR) is 66.3 cm³/mol. The van der Waals surface area contributed by atoms with E-state index in [9.17, 15) is 10.1 Å². The third kappa shape index (κ3) is 2.23. The van der Waals surface area contributed by atoms with E-state index in [1.54, 1.807) is 13.1 Å². The number of hydrogen-bond donors (Lipinski definition) is 1. The number of nitro benzene ring substituents is 1. The topological polar surface area (TPSA) is 81.0 Å². The Labute approximate surface area is 102 Å². The standard InChI is InChI=1S/C10H10N4O2S/c1-6-3-4-7(14(15)16)5-8(6)9-12-10(11-2)17-13-9/h3-5H,1-2H3,(H,11,12,13). The Balaban J connectivity index is 2.49. The van der Waals surface area contributed by atoms with Gasteiger partial charge in [0.1, 0.15) is 0 Å². The maximum Gasteiger partial charge on any atom is 0.270 e. The molecule has 0 saturated carbocycles. The summed E-state index contributed by atoms with van der Waals surface area (Å²) < 4.78 is 4.16. The van der Waals surface area contributed by atoms with Crippen LogP contribution in [0.15, 0.2) is 18.2 Å². The molecule has 0 saturated heterocycles. The van der Waals surface area contributed by atoms with Crippen molar-refractivity contribution in [3.63, 3.8) is 0 Å². The molecule has 0 aliphatic heterocycles. The van der Waals surface area contributed by atoms with E-state index in [4.69, 9.17) is 0 Å². The second kappa shape index (κ2) is 4.46. The molecule has 2 rings (SSSR count). The Bertz CT molecular complexity index is 567. The van der Waals surface area contributed by atoms with Crippen LogP contribution >= 0.6 is 11.5 Å². The summed E-state index contributed by atoms with van der Waals surface area (Å²) in [7, 11) is 1.75. The Hall–Kier alpha value is -2.02. The van der Waals surface area contributed by atoms with Gasteiger partial charge in [0, 0.05) is 36.3 Å². The van der Waals surface area contributed by atoms with Gasteiger partial charge in [0.15, 0.2) is 5.82 Å². The highest BCUT2D eigenvalue weighted by atomic mass is 32.1. The lowest BCUT2D eigenvalue weighted by atomic mass is 10.1. The van der Waals surface area contributed by atoms with E-state index >= 15 is 0 Å². The molecular weight excluding hydrogens is 240 g/mol. The van der Waals surface area contributed by atoms with Gasteiger partial charge in [-0.15, -0.1) is 0 Å². The zero-order valence-corrected chi connectivity index (χ0v) is 10.1. The van der Waals surface area contributed by atoms with Crippen molar-refractivity contribution in [3.05, 3.63) is 33.9 Å². The number of nitro groups is 1. The zero-order valence-electron chi connectivity index (χ0n) is 9.30. The smallest absolute Gasteiger partial charge is 0.270 e. The van der Waals surface area contributed by atoms with Crippen LogP contribution in [0.5, 0.6) is 0 Å². The fourth-order valence-corrected chi connectivity index (χ4v) is 1.93. The van der Waals surface area contributed by atoms with Crippen molar-refractivity contribution >= 4 is 22.4 Å². The van der Waals surface area contributed by atoms with Gasteiger partial charge < -0.3 is 5.32 Å². The van der Waals surface area contributed by atoms with Gasteiger partial charge in [-0.1, -0.05) is 6.07 Å². The number of aryl methyl sites for hydroxylation is 1. The van der Waals surface area contributed by atoms with E-state index in [0.29, 0.717) is 16.5 Å². The second-order valence-corrected chi connectivity index (χ2v) is 4.18. The first kappa shape index (κ1) is 11.5. The summed E-state index contributed by atoms with van der Waals surface area (Å²) in [5.74, 6) is 0.514. The number of nitrogens with one attached hydrogen (secondary N) is 1. The first-order valence-electron chi connectivity index (χ1n) is 4.88. The molecule has 1 aromatic heterocycles. The average Bonchev–Trinajstić information content (AvgIpc) is 2.77. The van der Waals surface area contributed by atoms with Crippen molar-refractivity contribution in [2.75, 3.05) is 12.4 Å². The van der Waals surface area contributed by atoms with E-state index in [1.165, 1.54) is 23.7 Å². The highest BCUT2D eigenvalue weighted by Crippen LogP contribution is 2.27. The minimum Gasteiger partial charge on any atom is -0.363 e. The molecule has 1 heterocycles. The SMILES string of the molecule is CNc1nc(-c2cc([N+](=O)[O-])ccc2C)ns1. The van der Waals surface area contributed by atoms with Crippen LogP contribution in [0.1, 0.15) is 5.56 Å². The van der Waals surface area contributed by atoms with Crippen LogP contribution in [0.4, 0.5) is 10.8 Å². The number of non-ortho nitro benzene ring substituents is 1. The third-order valence-electron chi connectivity index (χ3n) is 2.31. The van der Waals surface area contributed by atoms with Gasteiger partial charge in [-0.05, 0) is 12.5 Å². The van der Waals surface area contributed by atoms with Gasteiger partial charge in [0.25, 0.3) is 5.69 Å². The van der Waals surface area contributed by atoms with Gasteiger partial charge in [-0.2, -0.15) is 9.36 Å². The molecule has 7 heteroatoms.